The molecule has 0 spiro atoms. The molecule has 41 atom stereocenters. The van der Waals surface area contributed by atoms with E-state index in [1.54, 1.807) is 0 Å². The van der Waals surface area contributed by atoms with Crippen LogP contribution in [0.25, 0.3) is 0 Å². The van der Waals surface area contributed by atoms with Gasteiger partial charge in [-0.1, -0.05) is 0 Å². The van der Waals surface area contributed by atoms with E-state index in [1.807, 2.05) is 0 Å². The molecule has 0 aliphatic carbocycles. The minimum Gasteiger partial charge on any atom is -0.481 e. The normalized spacial score (nSPS) is 41.8. The Kier molecular flexibility index (Phi) is 44.4. The number of ether oxygens (including phenoxy) is 16. The Bertz CT molecular complexity index is 3350. The molecule has 0 aromatic rings. The smallest absolute Gasteiger partial charge is 0.316 e. The van der Waals surface area contributed by atoms with Crippen molar-refractivity contribution >= 4 is 142 Å². The van der Waals surface area contributed by atoms with Gasteiger partial charge in [0.2, 0.25) is 0 Å². The average molecular weight is 2000 g/mol. The van der Waals surface area contributed by atoms with Crippen LogP contribution >= 0.6 is 94.1 Å². The van der Waals surface area contributed by atoms with E-state index >= 15 is 0 Å². The Morgan fingerprint density at radius 3 is 0.445 bits per heavy atom. The molecule has 0 saturated carbocycles. The van der Waals surface area contributed by atoms with Gasteiger partial charge in [-0.2, -0.15) is 82.3 Å². The molecular formula is C72H112O48S8. The zero-order valence-electron chi connectivity index (χ0n) is 68.0. The predicted octanol–water partition coefficient (Wildman–Crippen LogP) is -7.68. The molecule has 30 aliphatic rings. The van der Waals surface area contributed by atoms with Gasteiger partial charge >= 0.3 is 47.8 Å². The molecule has 30 rings (SSSR count). The van der Waals surface area contributed by atoms with Crippen molar-refractivity contribution < 1.29 is 237 Å². The van der Waals surface area contributed by atoms with Crippen LogP contribution in [0.3, 0.4) is 0 Å². The standard InChI is InChI=1S/C72H112O48S8/c1-24(64(103)104)128-23-32-63-47(94)55(102)72(112-32)119-62-31(22-127-15-8-39(85)86)110-70(53(100)45(62)92)117-60-29(20-125-13-6-37(81)82)108-68(51(98)43(60)90)115-58-27(18-123-11-4-35(77)78)106-66(49(96)41(58)88)113-56-25(16-121-9-2-33(73)74)105-65(48(95)40(56)87)114-57-26(17-122-10-3-34(75)76)107-67(50(97)42(57)89)116-59-28(19-124-12-5-36(79)80)109-69(52(99)44(59)91)118-61-30(21-126-14-7-38(83)84)111-71(120-63)54(101)46(61)93/h24-32,40-63,65-72,87-102H,2-23H2,1H3,(H,73,74)(H,75,76)(H,77,78)(H,79,80)(H,81,82)(H,83,84)(H,85,86)(H,103,104)/t24?,25-,26-,27-,28-,29-,30-,31-,32-,40-,41-,42-,43-,44-,45-,46-,47-,48-,49-,50-,51-,52-,53-,54-,55-,56-,57-,58-,59-,60-,61-,62-,63-,65-,66-,67-,68-,69-,70-,71-,72-/m1/s1. The molecule has 48 nitrogen and oxygen atoms in total. The molecular weight excluding hydrogens is 1890 g/mol. The summed E-state index contributed by atoms with van der Waals surface area (Å²) in [5, 5.41) is 271. The van der Waals surface area contributed by atoms with E-state index in [4.69, 9.17) is 75.8 Å². The number of hydrogen-bond acceptors (Lipinski definition) is 48. The lowest BCUT2D eigenvalue weighted by atomic mass is 9.95. The number of aliphatic hydroxyl groups is 16. The molecule has 24 N–H and O–H groups in total. The molecule has 0 aromatic carbocycles. The molecule has 128 heavy (non-hydrogen) atoms. The van der Waals surface area contributed by atoms with Crippen LogP contribution in [0.4, 0.5) is 0 Å². The summed E-state index contributed by atoms with van der Waals surface area (Å²) in [5.74, 6) is -14.6. The summed E-state index contributed by atoms with van der Waals surface area (Å²) in [6.07, 6.45) is -86.0. The van der Waals surface area contributed by atoms with Crippen LogP contribution in [0.15, 0.2) is 0 Å². The van der Waals surface area contributed by atoms with Crippen molar-refractivity contribution in [2.24, 2.45) is 0 Å². The molecule has 1 unspecified atom stereocenters. The third kappa shape index (κ3) is 30.1. The maximum absolute atomic E-state index is 12.3. The van der Waals surface area contributed by atoms with Gasteiger partial charge in [0.1, 0.15) is 146 Å². The van der Waals surface area contributed by atoms with Crippen LogP contribution in [0.1, 0.15) is 51.9 Å². The number of rotatable bonds is 39. The summed E-state index contributed by atoms with van der Waals surface area (Å²) in [4.78, 5) is 94.9. The Labute approximate surface area is 763 Å². The molecule has 30 heterocycles. The van der Waals surface area contributed by atoms with E-state index in [9.17, 15) is 161 Å². The number of hydrogen-bond donors (Lipinski definition) is 24. The van der Waals surface area contributed by atoms with E-state index in [0.717, 1.165) is 82.3 Å². The second kappa shape index (κ2) is 52.2. The van der Waals surface area contributed by atoms with Crippen molar-refractivity contribution in [2.45, 2.75) is 303 Å². The summed E-state index contributed by atoms with van der Waals surface area (Å²) in [5.41, 5.74) is 0. The van der Waals surface area contributed by atoms with E-state index in [2.05, 4.69) is 0 Å². The van der Waals surface area contributed by atoms with Gasteiger partial charge in [0.15, 0.2) is 50.3 Å². The lowest BCUT2D eigenvalue weighted by Crippen LogP contribution is -2.69. The third-order valence-electron chi connectivity index (χ3n) is 21.5. The summed E-state index contributed by atoms with van der Waals surface area (Å²) in [7, 11) is 0. The summed E-state index contributed by atoms with van der Waals surface area (Å²) in [6, 6.07) is 0. The van der Waals surface area contributed by atoms with Crippen LogP contribution in [0.5, 0.6) is 0 Å². The van der Waals surface area contributed by atoms with Gasteiger partial charge in [0.25, 0.3) is 0 Å². The quantitative estimate of drug-likeness (QED) is 0.0254. The summed E-state index contributed by atoms with van der Waals surface area (Å²) < 4.78 is 100. The highest BCUT2D eigenvalue weighted by Crippen LogP contribution is 2.43. The fourth-order valence-corrected chi connectivity index (χ4v) is 22.4. The van der Waals surface area contributed by atoms with Crippen LogP contribution in [-0.2, 0) is 114 Å². The van der Waals surface area contributed by atoms with Crippen molar-refractivity contribution in [3.63, 3.8) is 0 Å². The van der Waals surface area contributed by atoms with Gasteiger partial charge in [0.05, 0.1) is 99.0 Å². The van der Waals surface area contributed by atoms with E-state index in [-0.39, 0.29) is 69.0 Å². The number of thioether (sulfide) groups is 8. The van der Waals surface area contributed by atoms with E-state index < -0.39 is 361 Å². The Hall–Kier alpha value is -2.72. The van der Waals surface area contributed by atoms with E-state index in [0.29, 0.717) is 11.8 Å². The van der Waals surface area contributed by atoms with Crippen molar-refractivity contribution in [1.82, 2.24) is 0 Å². The van der Waals surface area contributed by atoms with Gasteiger partial charge in [-0.3, -0.25) is 38.4 Å². The number of aliphatic hydroxyl groups excluding tert-OH is 16. The fourth-order valence-electron chi connectivity index (χ4n) is 14.6. The average Bonchev–Trinajstić information content (AvgIpc) is 0.768. The second-order valence-corrected chi connectivity index (χ2v) is 40.3. The molecule has 30 fully saturated rings. The maximum atomic E-state index is 12.3. The molecule has 30 saturated heterocycles. The van der Waals surface area contributed by atoms with Crippen LogP contribution in [-0.4, -0.2) is 508 Å². The first kappa shape index (κ1) is 109. The van der Waals surface area contributed by atoms with Crippen LogP contribution in [0.2, 0.25) is 0 Å². The highest BCUT2D eigenvalue weighted by molar-refractivity contribution is 8.01. The highest BCUT2D eigenvalue weighted by Gasteiger charge is 2.61. The second-order valence-electron chi connectivity index (χ2n) is 30.8. The minimum absolute atomic E-state index is 0.160. The zero-order valence-corrected chi connectivity index (χ0v) is 74.6. The van der Waals surface area contributed by atoms with Gasteiger partial charge in [-0.25, -0.2) is 0 Å². The van der Waals surface area contributed by atoms with Crippen molar-refractivity contribution in [3.8, 4) is 0 Å². The topological polar surface area (TPSA) is 770 Å². The summed E-state index contributed by atoms with van der Waals surface area (Å²) >= 11 is 6.79. The van der Waals surface area contributed by atoms with Gasteiger partial charge in [0, 0.05) is 86.3 Å². The SMILES string of the molecule is CC(SC[C@H]1O[C@@H]2O[C@H]3[C@H](O)[C@@H](O)[C@@H](O[C@H]4[C@H](O)[C@@H](O)[C@@H](O[C@H]5[C@H](O)[C@@H](O)[C@@H](O[C@H]6[C@H](O)[C@@H](O)[C@@H](O[C@H]7[C@H](O)[C@@H](O)[C@@H](O[C@H]8[C@H](O)[C@@H](O)[C@@H](O[C@H]9[C@H](O)[C@@H](O)[C@@H](O[C@H]1[C@H](O)[C@H]2O)O[C@@H]9CSCCC(=O)O)O[C@@H]8CSCCC(=O)O)O[C@@H]7CSCCC(=O)O)O[C@@H]6CSCCC(=O)O)O[C@@H]5CSCCC(=O)O)O[C@@H]4CSCCC(=O)O)O[C@@H]3CSCCC(=O)O)C(=O)O. The Morgan fingerprint density at radius 2 is 0.328 bits per heavy atom. The first-order valence-corrected chi connectivity index (χ1v) is 49.6. The minimum atomic E-state index is -2.36. The maximum Gasteiger partial charge on any atom is 0.316 e. The zero-order chi connectivity index (χ0) is 93.8. The molecule has 0 aromatic heterocycles. The molecule has 16 bridgehead atoms. The Morgan fingerprint density at radius 1 is 0.203 bits per heavy atom. The number of carbonyl (C=O) groups is 8. The van der Waals surface area contributed by atoms with Crippen LogP contribution in [0, 0.1) is 0 Å². The number of aliphatic carboxylic acids is 8. The summed E-state index contributed by atoms with van der Waals surface area (Å²) in [6.45, 7) is 1.25. The van der Waals surface area contributed by atoms with Gasteiger partial charge < -0.3 is 198 Å². The van der Waals surface area contributed by atoms with Crippen molar-refractivity contribution in [2.75, 3.05) is 86.3 Å². The van der Waals surface area contributed by atoms with E-state index in [1.165, 1.54) is 6.92 Å². The van der Waals surface area contributed by atoms with Gasteiger partial charge in [-0.15, -0.1) is 11.8 Å². The first-order valence-electron chi connectivity index (χ1n) is 40.4. The Balaban J connectivity index is 1.12. The molecule has 0 amide bonds. The molecule has 736 valence electrons. The fraction of sp³-hybridized carbons (Fsp3) is 0.889. The highest BCUT2D eigenvalue weighted by atomic mass is 32.2. The largest absolute Gasteiger partial charge is 0.481 e. The molecule has 30 aliphatic heterocycles. The lowest BCUT2D eigenvalue weighted by Gasteiger charge is -2.51. The lowest BCUT2D eigenvalue weighted by molar-refractivity contribution is -0.396. The predicted molar refractivity (Wildman–Crippen MR) is 441 cm³/mol. The molecule has 56 heteroatoms. The van der Waals surface area contributed by atoms with Crippen molar-refractivity contribution in [3.05, 3.63) is 0 Å². The van der Waals surface area contributed by atoms with Crippen LogP contribution < -0.4 is 0 Å². The number of carboxylic acids is 8. The van der Waals surface area contributed by atoms with Gasteiger partial charge in [-0.05, 0) is 6.92 Å². The number of carboxylic acid groups (broad SMARTS) is 8. The molecule has 0 radical (unpaired) electrons. The van der Waals surface area contributed by atoms with Crippen molar-refractivity contribution in [1.29, 1.82) is 0 Å². The first-order chi connectivity index (χ1) is 60.6. The third-order valence-corrected chi connectivity index (χ3v) is 30.1. The monoisotopic (exact) mass is 2000 g/mol.